The molecular weight excluding hydrogens is 417 g/mol. The van der Waals surface area contributed by atoms with Crippen LogP contribution < -0.4 is 0 Å². The Labute approximate surface area is 185 Å². The van der Waals surface area contributed by atoms with Crippen LogP contribution >= 0.6 is 23.2 Å². The highest BCUT2D eigenvalue weighted by molar-refractivity contribution is 6.34. The molecule has 0 bridgehead atoms. The molecule has 0 radical (unpaired) electrons. The molecule has 3 aromatic rings. The molecule has 0 fully saturated rings. The van der Waals surface area contributed by atoms with E-state index in [2.05, 4.69) is 13.0 Å². The summed E-state index contributed by atoms with van der Waals surface area (Å²) in [6.45, 7) is 2.34. The first-order chi connectivity index (χ1) is 14.4. The minimum atomic E-state index is -0.242. The number of fused-ring (bicyclic) bond motifs is 1. The third-order valence-corrected chi connectivity index (χ3v) is 5.62. The van der Waals surface area contributed by atoms with Crippen molar-refractivity contribution in [1.82, 2.24) is 4.90 Å². The fourth-order valence-corrected chi connectivity index (χ4v) is 4.05. The summed E-state index contributed by atoms with van der Waals surface area (Å²) in [7, 11) is 0. The summed E-state index contributed by atoms with van der Waals surface area (Å²) in [6, 6.07) is 20.3. The van der Waals surface area contributed by atoms with E-state index in [1.165, 1.54) is 4.90 Å². The predicted molar refractivity (Wildman–Crippen MR) is 121 cm³/mol. The highest BCUT2D eigenvalue weighted by Gasteiger charge is 2.34. The molecule has 3 nitrogen and oxygen atoms in total. The summed E-state index contributed by atoms with van der Waals surface area (Å²) in [5.41, 5.74) is 3.91. The second-order valence-corrected chi connectivity index (χ2v) is 8.21. The third-order valence-electron chi connectivity index (χ3n) is 5.19. The number of halogens is 2. The van der Waals surface area contributed by atoms with Gasteiger partial charge in [-0.3, -0.25) is 14.5 Å². The highest BCUT2D eigenvalue weighted by atomic mass is 35.5. The zero-order valence-corrected chi connectivity index (χ0v) is 17.8. The molecule has 0 saturated heterocycles. The van der Waals surface area contributed by atoms with Crippen molar-refractivity contribution in [2.45, 2.75) is 19.4 Å². The van der Waals surface area contributed by atoms with Crippen molar-refractivity contribution >= 4 is 41.1 Å². The number of allylic oxidation sites excluding steroid dienone is 1. The van der Waals surface area contributed by atoms with Crippen molar-refractivity contribution < 1.29 is 9.59 Å². The van der Waals surface area contributed by atoms with Crippen LogP contribution in [0.4, 0.5) is 0 Å². The molecule has 0 saturated carbocycles. The zero-order valence-electron chi connectivity index (χ0n) is 16.3. The number of nitrogens with zero attached hydrogens (tertiary/aromatic N) is 1. The Kier molecular flexibility index (Phi) is 5.76. The Morgan fingerprint density at radius 3 is 2.00 bits per heavy atom. The highest BCUT2D eigenvalue weighted by Crippen LogP contribution is 2.27. The molecule has 3 aromatic carbocycles. The number of amides is 2. The first kappa shape index (κ1) is 20.4. The summed E-state index contributed by atoms with van der Waals surface area (Å²) < 4.78 is 0. The first-order valence-corrected chi connectivity index (χ1v) is 10.4. The van der Waals surface area contributed by atoms with Gasteiger partial charge >= 0.3 is 0 Å². The predicted octanol–water partition coefficient (Wildman–Crippen LogP) is 6.61. The summed E-state index contributed by atoms with van der Waals surface area (Å²) >= 11 is 12.2. The van der Waals surface area contributed by atoms with Crippen molar-refractivity contribution in [3.8, 4) is 0 Å². The van der Waals surface area contributed by atoms with Crippen molar-refractivity contribution in [3.05, 3.63) is 111 Å². The summed E-state index contributed by atoms with van der Waals surface area (Å²) in [5, 5.41) is 1.24. The van der Waals surface area contributed by atoms with E-state index in [-0.39, 0.29) is 24.3 Å². The summed E-state index contributed by atoms with van der Waals surface area (Å²) in [4.78, 5) is 26.3. The fourth-order valence-electron chi connectivity index (χ4n) is 3.50. The molecule has 0 N–H and O–H groups in total. The Balaban J connectivity index is 1.44. The largest absolute Gasteiger partial charge is 0.270 e. The molecule has 1 aliphatic rings. The van der Waals surface area contributed by atoms with E-state index < -0.39 is 0 Å². The van der Waals surface area contributed by atoms with E-state index in [9.17, 15) is 9.59 Å². The van der Waals surface area contributed by atoms with Gasteiger partial charge in [0.1, 0.15) is 0 Å². The lowest BCUT2D eigenvalue weighted by atomic mass is 9.99. The minimum absolute atomic E-state index is 0.152. The van der Waals surface area contributed by atoms with Gasteiger partial charge in [-0.05, 0) is 52.9 Å². The first-order valence-electron chi connectivity index (χ1n) is 9.61. The van der Waals surface area contributed by atoms with E-state index in [4.69, 9.17) is 23.2 Å². The van der Waals surface area contributed by atoms with Crippen LogP contribution in [0.5, 0.6) is 0 Å². The normalized spacial score (nSPS) is 14.4. The van der Waals surface area contributed by atoms with Gasteiger partial charge < -0.3 is 0 Å². The minimum Gasteiger partial charge on any atom is -0.270 e. The number of benzene rings is 3. The van der Waals surface area contributed by atoms with E-state index in [1.54, 1.807) is 30.3 Å². The second kappa shape index (κ2) is 8.47. The Morgan fingerprint density at radius 2 is 1.43 bits per heavy atom. The van der Waals surface area contributed by atoms with Crippen LogP contribution in [0.3, 0.4) is 0 Å². The quantitative estimate of drug-likeness (QED) is 0.422. The van der Waals surface area contributed by atoms with Gasteiger partial charge in [0.05, 0.1) is 17.7 Å². The van der Waals surface area contributed by atoms with Crippen molar-refractivity contribution in [2.75, 3.05) is 0 Å². The Hall–Kier alpha value is -2.88. The van der Waals surface area contributed by atoms with Crippen molar-refractivity contribution in [2.24, 2.45) is 0 Å². The average molecular weight is 436 g/mol. The van der Waals surface area contributed by atoms with Gasteiger partial charge in [-0.25, -0.2) is 0 Å². The maximum atomic E-state index is 12.5. The van der Waals surface area contributed by atoms with Crippen LogP contribution in [0.15, 0.2) is 72.8 Å². The molecule has 1 unspecified atom stereocenters. The molecule has 1 atom stereocenters. The number of hydrogen-bond donors (Lipinski definition) is 0. The van der Waals surface area contributed by atoms with Crippen molar-refractivity contribution in [1.29, 1.82) is 0 Å². The maximum absolute atomic E-state index is 12.5. The monoisotopic (exact) mass is 435 g/mol. The Morgan fingerprint density at radius 1 is 0.867 bits per heavy atom. The number of carbonyl (C=O) groups is 2. The summed E-state index contributed by atoms with van der Waals surface area (Å²) in [5.74, 6) is -0.332. The topological polar surface area (TPSA) is 37.4 Å². The van der Waals surface area contributed by atoms with Gasteiger partial charge in [-0.15, -0.1) is 0 Å². The average Bonchev–Trinajstić information content (AvgIpc) is 2.97. The van der Waals surface area contributed by atoms with E-state index in [0.29, 0.717) is 21.2 Å². The van der Waals surface area contributed by atoms with Gasteiger partial charge in [0, 0.05) is 10.0 Å². The van der Waals surface area contributed by atoms with Gasteiger partial charge in [0.25, 0.3) is 11.8 Å². The van der Waals surface area contributed by atoms with E-state index in [1.807, 2.05) is 42.5 Å². The number of rotatable bonds is 5. The molecular formula is C25H19Cl2NO2. The van der Waals surface area contributed by atoms with Gasteiger partial charge in [-0.1, -0.05) is 78.7 Å². The molecule has 2 amide bonds. The Bertz CT molecular complexity index is 1100. The molecule has 4 rings (SSSR count). The van der Waals surface area contributed by atoms with Gasteiger partial charge in [0.2, 0.25) is 0 Å². The lowest BCUT2D eigenvalue weighted by molar-refractivity contribution is 0.0642. The molecule has 30 heavy (non-hydrogen) atoms. The SMILES string of the molecule is CC(C=Cc1ccc(CN2C(=O)c3ccccc3C2=O)cc1)c1cc(Cl)cc(Cl)c1. The zero-order chi connectivity index (χ0) is 21.3. The molecule has 1 heterocycles. The molecule has 0 spiro atoms. The molecule has 1 aliphatic heterocycles. The van der Waals surface area contributed by atoms with Crippen LogP contribution in [-0.4, -0.2) is 16.7 Å². The summed E-state index contributed by atoms with van der Waals surface area (Å²) in [6.07, 6.45) is 4.12. The van der Waals surface area contributed by atoms with Crippen LogP contribution in [0.25, 0.3) is 6.08 Å². The standard InChI is InChI=1S/C25H19Cl2NO2/c1-16(19-12-20(26)14-21(27)13-19)6-7-17-8-10-18(11-9-17)15-28-24(29)22-4-2-3-5-23(22)25(28)30/h2-14,16H,15H2,1H3. The lowest BCUT2D eigenvalue weighted by Crippen LogP contribution is -2.29. The van der Waals surface area contributed by atoms with E-state index >= 15 is 0 Å². The maximum Gasteiger partial charge on any atom is 0.261 e. The number of carbonyl (C=O) groups excluding carboxylic acids is 2. The molecule has 0 aromatic heterocycles. The van der Waals surface area contributed by atoms with Crippen LogP contribution in [0.1, 0.15) is 50.2 Å². The number of hydrogen-bond acceptors (Lipinski definition) is 2. The van der Waals surface area contributed by atoms with Gasteiger partial charge in [-0.2, -0.15) is 0 Å². The lowest BCUT2D eigenvalue weighted by Gasteiger charge is -2.14. The van der Waals surface area contributed by atoms with E-state index in [0.717, 1.165) is 16.7 Å². The van der Waals surface area contributed by atoms with Crippen LogP contribution in [-0.2, 0) is 6.54 Å². The molecule has 0 aliphatic carbocycles. The number of imide groups is 1. The third kappa shape index (κ3) is 4.18. The fraction of sp³-hybridized carbons (Fsp3) is 0.120. The van der Waals surface area contributed by atoms with Crippen molar-refractivity contribution in [3.63, 3.8) is 0 Å². The van der Waals surface area contributed by atoms with Crippen LogP contribution in [0, 0.1) is 0 Å². The molecule has 5 heteroatoms. The smallest absolute Gasteiger partial charge is 0.261 e. The van der Waals surface area contributed by atoms with Crippen LogP contribution in [0.2, 0.25) is 10.0 Å². The second-order valence-electron chi connectivity index (χ2n) is 7.33. The van der Waals surface area contributed by atoms with Gasteiger partial charge in [0.15, 0.2) is 0 Å². The molecule has 150 valence electrons.